The molecule has 10 heteroatoms. The number of carbonyl (C=O) groups excluding carboxylic acids is 3. The largest absolute Gasteiger partial charge is 0.497 e. The van der Waals surface area contributed by atoms with Crippen molar-refractivity contribution in [2.24, 2.45) is 0 Å². The molecule has 1 aromatic heterocycles. The molecule has 5 rings (SSSR count). The number of benzene rings is 2. The monoisotopic (exact) mass is 562 g/mol. The fourth-order valence-corrected chi connectivity index (χ4v) is 5.33. The first-order valence-corrected chi connectivity index (χ1v) is 13.8. The van der Waals surface area contributed by atoms with Gasteiger partial charge in [0, 0.05) is 36.5 Å². The van der Waals surface area contributed by atoms with Crippen molar-refractivity contribution in [1.29, 1.82) is 0 Å². The van der Waals surface area contributed by atoms with Crippen LogP contribution in [0.25, 0.3) is 16.5 Å². The van der Waals surface area contributed by atoms with E-state index >= 15 is 4.39 Å². The number of hydrogen-bond acceptors (Lipinski definition) is 6. The van der Waals surface area contributed by atoms with E-state index in [-0.39, 0.29) is 24.8 Å². The van der Waals surface area contributed by atoms with E-state index in [2.05, 4.69) is 5.10 Å². The highest BCUT2D eigenvalue weighted by Crippen LogP contribution is 2.34. The van der Waals surface area contributed by atoms with Gasteiger partial charge in [0.25, 0.3) is 5.91 Å². The number of aromatic nitrogens is 2. The molecular formula is C31H35FN4O5. The first-order chi connectivity index (χ1) is 19.4. The van der Waals surface area contributed by atoms with Crippen molar-refractivity contribution in [2.45, 2.75) is 65.1 Å². The molecule has 1 fully saturated rings. The molecule has 0 bridgehead atoms. The molecule has 2 aromatic carbocycles. The normalized spacial score (nSPS) is 18.1. The quantitative estimate of drug-likeness (QED) is 0.386. The summed E-state index contributed by atoms with van der Waals surface area (Å²) in [5.74, 6) is -0.339. The first kappa shape index (κ1) is 28.3. The SMILES string of the molecule is COc1ccc(CN2C(=O)CCC(n3nc(C)c4cc(C5=CCN(C(=O)OC(C)(C)C)CC5)c(F)cc43)C2=O)cc1. The molecule has 2 aliphatic heterocycles. The molecule has 216 valence electrons. The number of hydrogen-bond donors (Lipinski definition) is 0. The van der Waals surface area contributed by atoms with Gasteiger partial charge in [0.05, 0.1) is 24.9 Å². The minimum Gasteiger partial charge on any atom is -0.497 e. The van der Waals surface area contributed by atoms with Crippen molar-refractivity contribution in [3.8, 4) is 5.75 Å². The van der Waals surface area contributed by atoms with E-state index in [0.29, 0.717) is 48.5 Å². The van der Waals surface area contributed by atoms with Crippen molar-refractivity contribution < 1.29 is 28.2 Å². The Balaban J connectivity index is 1.39. The molecule has 1 unspecified atom stereocenters. The number of nitrogens with zero attached hydrogens (tertiary/aromatic N) is 4. The first-order valence-electron chi connectivity index (χ1n) is 13.8. The Morgan fingerprint density at radius 2 is 1.85 bits per heavy atom. The lowest BCUT2D eigenvalue weighted by Crippen LogP contribution is -2.45. The van der Waals surface area contributed by atoms with Gasteiger partial charge in [-0.2, -0.15) is 5.10 Å². The Kier molecular flexibility index (Phi) is 7.59. The number of methoxy groups -OCH3 is 1. The van der Waals surface area contributed by atoms with Crippen LogP contribution in [0.2, 0.25) is 0 Å². The third-order valence-electron chi connectivity index (χ3n) is 7.47. The van der Waals surface area contributed by atoms with E-state index < -0.39 is 23.6 Å². The number of carbonyl (C=O) groups is 3. The Hall–Kier alpha value is -4.21. The van der Waals surface area contributed by atoms with Gasteiger partial charge >= 0.3 is 6.09 Å². The van der Waals surface area contributed by atoms with Gasteiger partial charge in [-0.05, 0) is 69.9 Å². The second-order valence-electron chi connectivity index (χ2n) is 11.5. The smallest absolute Gasteiger partial charge is 0.410 e. The van der Waals surface area contributed by atoms with Gasteiger partial charge < -0.3 is 14.4 Å². The predicted molar refractivity (Wildman–Crippen MR) is 152 cm³/mol. The number of likely N-dealkylation sites (tertiary alicyclic amines) is 1. The summed E-state index contributed by atoms with van der Waals surface area (Å²) < 4.78 is 27.8. The summed E-state index contributed by atoms with van der Waals surface area (Å²) in [6.07, 6.45) is 2.43. The van der Waals surface area contributed by atoms with Gasteiger partial charge in [0.2, 0.25) is 5.91 Å². The molecule has 0 spiro atoms. The molecule has 1 saturated heterocycles. The van der Waals surface area contributed by atoms with E-state index in [1.165, 1.54) is 11.0 Å². The van der Waals surface area contributed by atoms with Gasteiger partial charge in [0.1, 0.15) is 23.2 Å². The maximum atomic E-state index is 15.6. The van der Waals surface area contributed by atoms with Gasteiger partial charge in [-0.1, -0.05) is 18.2 Å². The molecule has 3 aromatic rings. The third-order valence-corrected chi connectivity index (χ3v) is 7.47. The highest BCUT2D eigenvalue weighted by atomic mass is 19.1. The van der Waals surface area contributed by atoms with Crippen LogP contribution in [0.3, 0.4) is 0 Å². The average molecular weight is 563 g/mol. The van der Waals surface area contributed by atoms with Crippen LogP contribution >= 0.6 is 0 Å². The van der Waals surface area contributed by atoms with Crippen LogP contribution in [-0.4, -0.2) is 63.3 Å². The van der Waals surface area contributed by atoms with Gasteiger partial charge in [-0.3, -0.25) is 19.2 Å². The number of aryl methyl sites for hydroxylation is 1. The van der Waals surface area contributed by atoms with E-state index in [4.69, 9.17) is 9.47 Å². The predicted octanol–water partition coefficient (Wildman–Crippen LogP) is 5.41. The number of imide groups is 1. The zero-order valence-corrected chi connectivity index (χ0v) is 24.1. The van der Waals surface area contributed by atoms with Crippen LogP contribution < -0.4 is 4.74 Å². The number of piperidine rings is 1. The van der Waals surface area contributed by atoms with Crippen molar-refractivity contribution in [1.82, 2.24) is 19.6 Å². The standard InChI is InChI=1S/C31H35FN4O5/c1-19-23-16-24(21-12-14-34(15-13-21)30(39)41-31(2,3)4)25(32)17-27(23)36(33-19)26-10-11-28(37)35(29(26)38)18-20-6-8-22(40-5)9-7-20/h6-9,12,16-17,26H,10-11,13-15,18H2,1-5H3. The summed E-state index contributed by atoms with van der Waals surface area (Å²) in [4.78, 5) is 41.6. The Labute approximate surface area is 238 Å². The van der Waals surface area contributed by atoms with Gasteiger partial charge in [0.15, 0.2) is 0 Å². The fraction of sp³-hybridized carbons (Fsp3) is 0.419. The topological polar surface area (TPSA) is 94.0 Å². The molecule has 0 saturated carbocycles. The molecule has 0 N–H and O–H groups in total. The maximum Gasteiger partial charge on any atom is 0.410 e. The van der Waals surface area contributed by atoms with E-state index in [9.17, 15) is 14.4 Å². The number of ether oxygens (including phenoxy) is 2. The van der Waals surface area contributed by atoms with Crippen molar-refractivity contribution in [2.75, 3.05) is 20.2 Å². The summed E-state index contributed by atoms with van der Waals surface area (Å²) >= 11 is 0. The summed E-state index contributed by atoms with van der Waals surface area (Å²) in [6.45, 7) is 8.18. The average Bonchev–Trinajstić information content (AvgIpc) is 3.24. The molecular weight excluding hydrogens is 527 g/mol. The molecule has 3 heterocycles. The second kappa shape index (κ2) is 11.0. The number of amides is 3. The lowest BCUT2D eigenvalue weighted by molar-refractivity contribution is -0.152. The molecule has 41 heavy (non-hydrogen) atoms. The summed E-state index contributed by atoms with van der Waals surface area (Å²) in [6, 6.07) is 9.68. The lowest BCUT2D eigenvalue weighted by Gasteiger charge is -2.31. The van der Waals surface area contributed by atoms with Gasteiger partial charge in [-0.15, -0.1) is 0 Å². The molecule has 9 nitrogen and oxygen atoms in total. The minimum atomic E-state index is -0.719. The number of halogens is 1. The Morgan fingerprint density at radius 3 is 2.49 bits per heavy atom. The van der Waals surface area contributed by atoms with E-state index in [1.807, 2.05) is 45.9 Å². The van der Waals surface area contributed by atoms with E-state index in [1.54, 1.807) is 34.9 Å². The highest BCUT2D eigenvalue weighted by Gasteiger charge is 2.37. The van der Waals surface area contributed by atoms with Crippen LogP contribution in [0.15, 0.2) is 42.5 Å². The third kappa shape index (κ3) is 5.82. The fourth-order valence-electron chi connectivity index (χ4n) is 5.33. The molecule has 0 aliphatic carbocycles. The van der Waals surface area contributed by atoms with Gasteiger partial charge in [-0.25, -0.2) is 9.18 Å². The zero-order valence-electron chi connectivity index (χ0n) is 24.1. The van der Waals surface area contributed by atoms with Crippen LogP contribution in [-0.2, 0) is 20.9 Å². The Bertz CT molecular complexity index is 1540. The summed E-state index contributed by atoms with van der Waals surface area (Å²) in [7, 11) is 1.58. The highest BCUT2D eigenvalue weighted by molar-refractivity contribution is 6.00. The molecule has 1 atom stereocenters. The second-order valence-corrected chi connectivity index (χ2v) is 11.5. The van der Waals surface area contributed by atoms with Crippen molar-refractivity contribution >= 4 is 34.4 Å². The molecule has 0 radical (unpaired) electrons. The van der Waals surface area contributed by atoms with Crippen LogP contribution in [0, 0.1) is 12.7 Å². The summed E-state index contributed by atoms with van der Waals surface area (Å²) in [5, 5.41) is 5.37. The van der Waals surface area contributed by atoms with Crippen LogP contribution in [0.1, 0.15) is 62.9 Å². The molecule has 2 aliphatic rings. The van der Waals surface area contributed by atoms with Crippen molar-refractivity contribution in [3.63, 3.8) is 0 Å². The summed E-state index contributed by atoms with van der Waals surface area (Å²) in [5.41, 5.74) is 2.65. The zero-order chi connectivity index (χ0) is 29.5. The Morgan fingerprint density at radius 1 is 1.12 bits per heavy atom. The number of fused-ring (bicyclic) bond motifs is 1. The lowest BCUT2D eigenvalue weighted by atomic mass is 9.97. The minimum absolute atomic E-state index is 0.142. The maximum absolute atomic E-state index is 15.6. The molecule has 3 amide bonds. The van der Waals surface area contributed by atoms with E-state index in [0.717, 1.165) is 16.5 Å². The van der Waals surface area contributed by atoms with Crippen molar-refractivity contribution in [3.05, 3.63) is 65.1 Å². The number of rotatable bonds is 5. The van der Waals surface area contributed by atoms with Crippen LogP contribution in [0.4, 0.5) is 9.18 Å². The van der Waals surface area contributed by atoms with Crippen LogP contribution in [0.5, 0.6) is 5.75 Å².